The minimum Gasteiger partial charge on any atom is -0.467 e. The summed E-state index contributed by atoms with van der Waals surface area (Å²) in [7, 11) is 0. The van der Waals surface area contributed by atoms with Gasteiger partial charge in [0.05, 0.1) is 12.0 Å². The van der Waals surface area contributed by atoms with Crippen LogP contribution in [0.5, 0.6) is 0 Å². The lowest BCUT2D eigenvalue weighted by Crippen LogP contribution is -2.34. The monoisotopic (exact) mass is 320 g/mol. The molecule has 2 aromatic rings. The maximum absolute atomic E-state index is 11.9. The highest BCUT2D eigenvalue weighted by Gasteiger charge is 2.16. The molecule has 0 fully saturated rings. The van der Waals surface area contributed by atoms with E-state index in [1.165, 1.54) is 6.26 Å². The molecule has 0 aliphatic carbocycles. The summed E-state index contributed by atoms with van der Waals surface area (Å²) in [5.74, 6) is 1.66. The van der Waals surface area contributed by atoms with Gasteiger partial charge in [-0.25, -0.2) is 0 Å². The summed E-state index contributed by atoms with van der Waals surface area (Å²) >= 11 is 1.55. The molecule has 0 aliphatic rings. The molecule has 22 heavy (non-hydrogen) atoms. The number of thioether (sulfide) groups is 1. The molecule has 2 atom stereocenters. The molecule has 2 rings (SSSR count). The van der Waals surface area contributed by atoms with E-state index in [9.17, 15) is 9.90 Å². The predicted molar refractivity (Wildman–Crippen MR) is 86.3 cm³/mol. The molecule has 0 spiro atoms. The van der Waals surface area contributed by atoms with Crippen molar-refractivity contribution in [1.82, 2.24) is 10.3 Å². The fraction of sp³-hybridized carbons (Fsp3) is 0.375. The number of nitrogens with one attached hydrogen (secondary N) is 1. The average Bonchev–Trinajstić information content (AvgIpc) is 3.02. The van der Waals surface area contributed by atoms with Gasteiger partial charge in [-0.05, 0) is 36.8 Å². The van der Waals surface area contributed by atoms with Crippen molar-refractivity contribution in [3.63, 3.8) is 0 Å². The smallest absolute Gasteiger partial charge is 0.230 e. The number of hydrogen-bond donors (Lipinski definition) is 2. The van der Waals surface area contributed by atoms with Gasteiger partial charge in [-0.2, -0.15) is 0 Å². The maximum atomic E-state index is 11.9. The van der Waals surface area contributed by atoms with Gasteiger partial charge in [0, 0.05) is 30.6 Å². The number of aliphatic hydroxyl groups excluding tert-OH is 1. The van der Waals surface area contributed by atoms with Gasteiger partial charge in [0.25, 0.3) is 0 Å². The Morgan fingerprint density at radius 3 is 2.86 bits per heavy atom. The van der Waals surface area contributed by atoms with Crippen LogP contribution in [0.2, 0.25) is 0 Å². The summed E-state index contributed by atoms with van der Waals surface area (Å²) in [4.78, 5) is 15.8. The fourth-order valence-electron chi connectivity index (χ4n) is 2.05. The molecule has 2 N–H and O–H groups in total. The van der Waals surface area contributed by atoms with Crippen molar-refractivity contribution in [3.8, 4) is 0 Å². The van der Waals surface area contributed by atoms with E-state index in [-0.39, 0.29) is 11.9 Å². The zero-order valence-electron chi connectivity index (χ0n) is 12.4. The first kappa shape index (κ1) is 16.6. The van der Waals surface area contributed by atoms with Crippen LogP contribution in [-0.2, 0) is 10.5 Å². The number of furan rings is 1. The summed E-state index contributed by atoms with van der Waals surface area (Å²) < 4.78 is 5.14. The Morgan fingerprint density at radius 1 is 1.41 bits per heavy atom. The van der Waals surface area contributed by atoms with Gasteiger partial charge < -0.3 is 14.8 Å². The van der Waals surface area contributed by atoms with Crippen LogP contribution in [0, 0.1) is 0 Å². The van der Waals surface area contributed by atoms with Gasteiger partial charge in [-0.15, -0.1) is 11.8 Å². The number of pyridine rings is 1. The molecule has 2 aromatic heterocycles. The Hall–Kier alpha value is -1.79. The van der Waals surface area contributed by atoms with Crippen molar-refractivity contribution in [1.29, 1.82) is 0 Å². The zero-order chi connectivity index (χ0) is 15.8. The lowest BCUT2D eigenvalue weighted by Gasteiger charge is -2.16. The third kappa shape index (κ3) is 5.54. The number of hydrogen-bond acceptors (Lipinski definition) is 5. The van der Waals surface area contributed by atoms with Gasteiger partial charge in [-0.3, -0.25) is 9.78 Å². The van der Waals surface area contributed by atoms with Crippen molar-refractivity contribution in [2.24, 2.45) is 0 Å². The minimum atomic E-state index is -0.699. The van der Waals surface area contributed by atoms with Crippen molar-refractivity contribution < 1.29 is 14.3 Å². The molecule has 0 bridgehead atoms. The number of carbonyl (C=O) groups is 1. The first-order chi connectivity index (χ1) is 10.6. The highest BCUT2D eigenvalue weighted by Crippen LogP contribution is 2.18. The standard InChI is InChI=1S/C16H20N2O3S/c1-12(9-14(19)15-3-2-8-21-15)18-16(20)11-22-10-13-4-6-17-7-5-13/h2-8,12,14,19H,9-11H2,1H3,(H,18,20). The molecule has 2 heterocycles. The molecule has 118 valence electrons. The second-order valence-electron chi connectivity index (χ2n) is 5.08. The Balaban J connectivity index is 1.66. The summed E-state index contributed by atoms with van der Waals surface area (Å²) in [6.07, 6.45) is 4.74. The van der Waals surface area contributed by atoms with Crippen LogP contribution in [0.15, 0.2) is 47.3 Å². The van der Waals surface area contributed by atoms with E-state index >= 15 is 0 Å². The molecule has 1 amide bonds. The van der Waals surface area contributed by atoms with Crippen LogP contribution >= 0.6 is 11.8 Å². The van der Waals surface area contributed by atoms with Gasteiger partial charge in [0.2, 0.25) is 5.91 Å². The summed E-state index contributed by atoms with van der Waals surface area (Å²) in [5.41, 5.74) is 1.15. The molecule has 0 aromatic carbocycles. The van der Waals surface area contributed by atoms with Gasteiger partial charge >= 0.3 is 0 Å². The van der Waals surface area contributed by atoms with Crippen molar-refractivity contribution >= 4 is 17.7 Å². The predicted octanol–water partition coefficient (Wildman–Crippen LogP) is 2.54. The Morgan fingerprint density at radius 2 is 2.18 bits per heavy atom. The number of rotatable bonds is 8. The summed E-state index contributed by atoms with van der Waals surface area (Å²) in [6, 6.07) is 7.22. The Kier molecular flexibility index (Phi) is 6.48. The van der Waals surface area contributed by atoms with Gasteiger partial charge in [0.1, 0.15) is 11.9 Å². The second-order valence-corrected chi connectivity index (χ2v) is 6.07. The number of amides is 1. The molecule has 0 aliphatic heterocycles. The molecule has 6 heteroatoms. The molecule has 2 unspecified atom stereocenters. The lowest BCUT2D eigenvalue weighted by molar-refractivity contribution is -0.119. The minimum absolute atomic E-state index is 0.0294. The van der Waals surface area contributed by atoms with Crippen LogP contribution < -0.4 is 5.32 Å². The fourth-order valence-corrected chi connectivity index (χ4v) is 2.85. The van der Waals surface area contributed by atoms with Crippen LogP contribution in [0.25, 0.3) is 0 Å². The van der Waals surface area contributed by atoms with Crippen LogP contribution in [0.4, 0.5) is 0 Å². The molecule has 0 saturated carbocycles. The Labute approximate surface area is 134 Å². The molecular weight excluding hydrogens is 300 g/mol. The SMILES string of the molecule is CC(CC(O)c1ccco1)NC(=O)CSCc1ccncc1. The van der Waals surface area contributed by atoms with Crippen molar-refractivity contribution in [2.45, 2.75) is 31.2 Å². The highest BCUT2D eigenvalue weighted by atomic mass is 32.2. The quantitative estimate of drug-likeness (QED) is 0.782. The van der Waals surface area contributed by atoms with E-state index in [0.717, 1.165) is 11.3 Å². The second kappa shape index (κ2) is 8.60. The summed E-state index contributed by atoms with van der Waals surface area (Å²) in [5, 5.41) is 12.8. The highest BCUT2D eigenvalue weighted by molar-refractivity contribution is 7.99. The van der Waals surface area contributed by atoms with E-state index in [1.807, 2.05) is 19.1 Å². The first-order valence-corrected chi connectivity index (χ1v) is 8.28. The topological polar surface area (TPSA) is 75.4 Å². The Bertz CT molecular complexity index is 560. The molecule has 0 saturated heterocycles. The third-order valence-electron chi connectivity index (χ3n) is 3.11. The summed E-state index contributed by atoms with van der Waals surface area (Å²) in [6.45, 7) is 1.87. The molecule has 0 radical (unpaired) electrons. The van der Waals surface area contributed by atoms with E-state index in [2.05, 4.69) is 10.3 Å². The van der Waals surface area contributed by atoms with Gasteiger partial charge in [0.15, 0.2) is 0 Å². The van der Waals surface area contributed by atoms with E-state index in [1.54, 1.807) is 36.3 Å². The van der Waals surface area contributed by atoms with Crippen LogP contribution in [-0.4, -0.2) is 27.8 Å². The molecule has 5 nitrogen and oxygen atoms in total. The normalized spacial score (nSPS) is 13.5. The molecular formula is C16H20N2O3S. The third-order valence-corrected chi connectivity index (χ3v) is 4.11. The maximum Gasteiger partial charge on any atom is 0.230 e. The average molecular weight is 320 g/mol. The van der Waals surface area contributed by atoms with Gasteiger partial charge in [-0.1, -0.05) is 0 Å². The zero-order valence-corrected chi connectivity index (χ0v) is 13.3. The van der Waals surface area contributed by atoms with Crippen molar-refractivity contribution in [3.05, 3.63) is 54.2 Å². The largest absolute Gasteiger partial charge is 0.467 e. The van der Waals surface area contributed by atoms with Crippen LogP contribution in [0.1, 0.15) is 30.8 Å². The number of nitrogens with zero attached hydrogens (tertiary/aromatic N) is 1. The van der Waals surface area contributed by atoms with E-state index in [4.69, 9.17) is 4.42 Å². The lowest BCUT2D eigenvalue weighted by atomic mass is 10.1. The van der Waals surface area contributed by atoms with E-state index < -0.39 is 6.10 Å². The van der Waals surface area contributed by atoms with E-state index in [0.29, 0.717) is 17.9 Å². The number of carbonyl (C=O) groups excluding carboxylic acids is 1. The van der Waals surface area contributed by atoms with Crippen molar-refractivity contribution in [2.75, 3.05) is 5.75 Å². The van der Waals surface area contributed by atoms with Crippen LogP contribution in [0.3, 0.4) is 0 Å². The number of aliphatic hydroxyl groups is 1. The first-order valence-electron chi connectivity index (χ1n) is 7.12. The number of aromatic nitrogens is 1.